The Morgan fingerprint density at radius 3 is 1.05 bits per heavy atom. The number of nitrogens with two attached hydrogens (primary N) is 6. The van der Waals surface area contributed by atoms with E-state index in [4.69, 9.17) is 72.3 Å². The van der Waals surface area contributed by atoms with Crippen molar-refractivity contribution in [2.24, 2.45) is 0 Å². The number of nitrogens with zero attached hydrogens (tertiary/aromatic N) is 6. The van der Waals surface area contributed by atoms with Gasteiger partial charge in [-0.2, -0.15) is 15.0 Å². The monoisotopic (exact) mass is 902 g/mol. The van der Waals surface area contributed by atoms with Crippen LogP contribution >= 0.6 is 0 Å². The second kappa shape index (κ2) is 23.9. The second-order valence-electron chi connectivity index (χ2n) is 13.5. The molecule has 0 fully saturated rings. The summed E-state index contributed by atoms with van der Waals surface area (Å²) in [6.45, 7) is -0.208. The van der Waals surface area contributed by atoms with Crippen molar-refractivity contribution in [2.75, 3.05) is 97.5 Å². The van der Waals surface area contributed by atoms with Crippen molar-refractivity contribution < 1.29 is 47.4 Å². The number of rotatable bonds is 17. The SMILES string of the molecule is COc1cc(Cc2cnc(N)nc2N)cc(OC)c1O.COc1cc(Cc2cnc(N)nc2N)cc(OC)c1OC.COc1cc(Cc2cnc(N)nc2N)cc(OC)c1OCCCF. The molecule has 3 aromatic carbocycles. The predicted molar refractivity (Wildman–Crippen MR) is 244 cm³/mol. The average Bonchev–Trinajstić information content (AvgIpc) is 3.29. The lowest BCUT2D eigenvalue weighted by Gasteiger charge is -2.16. The van der Waals surface area contributed by atoms with Gasteiger partial charge in [0.15, 0.2) is 34.5 Å². The number of ether oxygens (including phenoxy) is 8. The highest BCUT2D eigenvalue weighted by Crippen LogP contribution is 2.41. The Balaban J connectivity index is 0.000000214. The van der Waals surface area contributed by atoms with Crippen molar-refractivity contribution in [3.8, 4) is 51.7 Å². The lowest BCUT2D eigenvalue weighted by Crippen LogP contribution is -2.05. The summed E-state index contributed by atoms with van der Waals surface area (Å²) in [7, 11) is 10.7. The summed E-state index contributed by atoms with van der Waals surface area (Å²) < 4.78 is 54.7. The number of hydrogen-bond acceptors (Lipinski definition) is 21. The first kappa shape index (κ1) is 49.5. The number of phenolic OH excluding ortho intramolecular Hbond substituents is 1. The summed E-state index contributed by atoms with van der Waals surface area (Å²) in [6, 6.07) is 10.7. The van der Waals surface area contributed by atoms with Gasteiger partial charge in [0.05, 0.1) is 63.1 Å². The molecule has 0 aliphatic rings. The molecule has 0 saturated heterocycles. The molecule has 13 N–H and O–H groups in total. The Bertz CT molecular complexity index is 2440. The molecule has 0 atom stereocenters. The zero-order valence-electron chi connectivity index (χ0n) is 37.2. The molecule has 3 aromatic heterocycles. The molecule has 0 spiro atoms. The molecule has 6 aromatic rings. The minimum Gasteiger partial charge on any atom is -0.502 e. The fraction of sp³-hybridized carbons (Fsp3) is 0.302. The van der Waals surface area contributed by atoms with Gasteiger partial charge >= 0.3 is 0 Å². The van der Waals surface area contributed by atoms with Gasteiger partial charge in [0.25, 0.3) is 0 Å². The van der Waals surface area contributed by atoms with Crippen LogP contribution < -0.4 is 72.3 Å². The van der Waals surface area contributed by atoms with Crippen LogP contribution in [0.4, 0.5) is 39.7 Å². The van der Waals surface area contributed by atoms with Gasteiger partial charge in [0.2, 0.25) is 35.1 Å². The third kappa shape index (κ3) is 13.4. The maximum Gasteiger partial charge on any atom is 0.221 e. The number of aromatic nitrogens is 6. The van der Waals surface area contributed by atoms with Crippen LogP contribution in [-0.2, 0) is 19.3 Å². The van der Waals surface area contributed by atoms with Crippen molar-refractivity contribution in [2.45, 2.75) is 25.7 Å². The molecule has 348 valence electrons. The molecule has 0 radical (unpaired) electrons. The van der Waals surface area contributed by atoms with Gasteiger partial charge in [0.1, 0.15) is 17.5 Å². The number of nitrogen functional groups attached to an aromatic ring is 6. The van der Waals surface area contributed by atoms with E-state index in [2.05, 4.69) is 29.9 Å². The Morgan fingerprint density at radius 1 is 0.462 bits per heavy atom. The van der Waals surface area contributed by atoms with Gasteiger partial charge in [-0.15, -0.1) is 0 Å². The largest absolute Gasteiger partial charge is 0.502 e. The van der Waals surface area contributed by atoms with E-state index in [0.717, 1.165) is 33.4 Å². The summed E-state index contributed by atoms with van der Waals surface area (Å²) in [5.41, 5.74) is 38.9. The maximum atomic E-state index is 12.3. The van der Waals surface area contributed by atoms with E-state index in [0.29, 0.717) is 89.1 Å². The summed E-state index contributed by atoms with van der Waals surface area (Å²) >= 11 is 0. The average molecular weight is 903 g/mol. The van der Waals surface area contributed by atoms with Crippen molar-refractivity contribution >= 4 is 35.3 Å². The quantitative estimate of drug-likeness (QED) is 0.0631. The molecule has 3 heterocycles. The zero-order valence-corrected chi connectivity index (χ0v) is 37.2. The number of halogens is 1. The van der Waals surface area contributed by atoms with E-state index >= 15 is 0 Å². The highest BCUT2D eigenvalue weighted by molar-refractivity contribution is 5.58. The molecule has 6 rings (SSSR count). The normalized spacial score (nSPS) is 10.3. The molecule has 0 aliphatic heterocycles. The molecule has 65 heavy (non-hydrogen) atoms. The fourth-order valence-electron chi connectivity index (χ4n) is 6.07. The lowest BCUT2D eigenvalue weighted by molar-refractivity contribution is 0.258. The number of benzene rings is 3. The molecule has 21 nitrogen and oxygen atoms in total. The van der Waals surface area contributed by atoms with Gasteiger partial charge in [-0.05, 0) is 53.1 Å². The van der Waals surface area contributed by atoms with Crippen molar-refractivity contribution in [3.05, 3.63) is 88.4 Å². The third-order valence-corrected chi connectivity index (χ3v) is 9.24. The Hall–Kier alpha value is -8.17. The standard InChI is InChI=1S/C16H21FN4O3.C14H18N4O3.C13H16N4O3/c1-22-12-7-10(6-11-9-20-16(19)21-15(11)18)8-13(23-2)14(12)24-5-3-4-17;1-19-10-5-8(6-11(20-2)12(10)21-3)4-9-7-17-14(16)18-13(9)15;1-19-9-4-7(5-10(20-2)11(9)18)3-8-6-16-13(15)17-12(8)14/h7-9H,3-6H2,1-2H3,(H4,18,19,20,21);5-7H,4H2,1-3H3,(H4,15,16,17,18);4-6,18H,3H2,1-2H3,(H4,14,15,16,17). The van der Waals surface area contributed by atoms with Crippen LogP contribution in [0.15, 0.2) is 55.0 Å². The van der Waals surface area contributed by atoms with Crippen LogP contribution in [0, 0.1) is 0 Å². The molecule has 22 heteroatoms. The summed E-state index contributed by atoms with van der Waals surface area (Å²) in [6.07, 6.45) is 6.55. The molecule has 0 unspecified atom stereocenters. The summed E-state index contributed by atoms with van der Waals surface area (Å²) in [5.74, 6) is 5.19. The van der Waals surface area contributed by atoms with E-state index in [1.54, 1.807) is 52.1 Å². The molecular weight excluding hydrogens is 848 g/mol. The van der Waals surface area contributed by atoms with Crippen molar-refractivity contribution in [3.63, 3.8) is 0 Å². The van der Waals surface area contributed by atoms with Crippen LogP contribution in [-0.4, -0.2) is 98.1 Å². The fourth-order valence-corrected chi connectivity index (χ4v) is 6.07. The smallest absolute Gasteiger partial charge is 0.221 e. The van der Waals surface area contributed by atoms with Crippen molar-refractivity contribution in [1.29, 1.82) is 0 Å². The second-order valence-corrected chi connectivity index (χ2v) is 13.5. The number of alkyl halides is 1. The van der Waals surface area contributed by atoms with Gasteiger partial charge in [-0.1, -0.05) is 0 Å². The Morgan fingerprint density at radius 2 is 0.769 bits per heavy atom. The number of anilines is 6. The summed E-state index contributed by atoms with van der Waals surface area (Å²) in [4.78, 5) is 23.6. The number of hydrogen-bond donors (Lipinski definition) is 7. The molecule has 0 saturated carbocycles. The van der Waals surface area contributed by atoms with Gasteiger partial charge in [-0.3, -0.25) is 4.39 Å². The topological polar surface area (TPSA) is 328 Å². The molecule has 0 aliphatic carbocycles. The first-order chi connectivity index (χ1) is 31.2. The van der Waals surface area contributed by atoms with Crippen LogP contribution in [0.1, 0.15) is 39.8 Å². The van der Waals surface area contributed by atoms with Crippen LogP contribution in [0.3, 0.4) is 0 Å². The number of methoxy groups -OCH3 is 7. The van der Waals surface area contributed by atoms with E-state index in [1.807, 2.05) is 24.3 Å². The third-order valence-electron chi connectivity index (χ3n) is 9.24. The minimum absolute atomic E-state index is 0.0414. The van der Waals surface area contributed by atoms with Gasteiger partial charge in [-0.25, -0.2) is 15.0 Å². The van der Waals surface area contributed by atoms with E-state index in [-0.39, 0.29) is 30.2 Å². The van der Waals surface area contributed by atoms with Crippen LogP contribution in [0.25, 0.3) is 0 Å². The Labute approximate surface area is 375 Å². The summed E-state index contributed by atoms with van der Waals surface area (Å²) in [5, 5.41) is 9.85. The highest BCUT2D eigenvalue weighted by Gasteiger charge is 2.17. The first-order valence-corrected chi connectivity index (χ1v) is 19.5. The molecular formula is C43H55FN12O9. The number of aromatic hydroxyl groups is 1. The first-order valence-electron chi connectivity index (χ1n) is 19.5. The van der Waals surface area contributed by atoms with E-state index in [9.17, 15) is 9.50 Å². The van der Waals surface area contributed by atoms with Gasteiger partial charge < -0.3 is 77.4 Å². The molecule has 0 amide bonds. The Kier molecular flexibility index (Phi) is 18.2. The zero-order chi connectivity index (χ0) is 47.6. The predicted octanol–water partition coefficient (Wildman–Crippen LogP) is 4.20. The van der Waals surface area contributed by atoms with E-state index in [1.165, 1.54) is 28.4 Å². The van der Waals surface area contributed by atoms with Gasteiger partial charge in [0, 0.05) is 61.0 Å². The molecule has 0 bridgehead atoms. The maximum absolute atomic E-state index is 12.3. The van der Waals surface area contributed by atoms with E-state index < -0.39 is 6.67 Å². The van der Waals surface area contributed by atoms with Crippen LogP contribution in [0.2, 0.25) is 0 Å². The number of phenols is 1. The highest BCUT2D eigenvalue weighted by atomic mass is 19.1. The lowest BCUT2D eigenvalue weighted by atomic mass is 10.1. The van der Waals surface area contributed by atoms with Crippen LogP contribution in [0.5, 0.6) is 51.7 Å². The van der Waals surface area contributed by atoms with Crippen molar-refractivity contribution in [1.82, 2.24) is 29.9 Å². The minimum atomic E-state index is -0.445.